The van der Waals surface area contributed by atoms with E-state index in [1.165, 1.54) is 11.8 Å². The maximum Gasteiger partial charge on any atom is 0.310 e. The summed E-state index contributed by atoms with van der Waals surface area (Å²) in [6.07, 6.45) is 4.82. The first-order chi connectivity index (χ1) is 16.1. The number of ether oxygens (including phenoxy) is 1. The van der Waals surface area contributed by atoms with E-state index < -0.39 is 0 Å². The molecule has 1 saturated heterocycles. The van der Waals surface area contributed by atoms with Gasteiger partial charge in [-0.2, -0.15) is 0 Å². The van der Waals surface area contributed by atoms with E-state index in [0.29, 0.717) is 42.7 Å². The normalized spacial score (nSPS) is 15.9. The van der Waals surface area contributed by atoms with E-state index in [0.717, 1.165) is 17.7 Å². The molecular formula is C23H26N6O3S. The SMILES string of the molecule is CCOC(=O)C1CCCN(C(=O)c2nnn(-c3ccc(C)cc3)c2CSc2ncccn2)C1. The number of hydrogen-bond acceptors (Lipinski definition) is 8. The molecule has 0 spiro atoms. The quantitative estimate of drug-likeness (QED) is 0.297. The Morgan fingerprint density at radius 1 is 1.18 bits per heavy atom. The molecule has 2 aromatic heterocycles. The van der Waals surface area contributed by atoms with Crippen molar-refractivity contribution in [2.24, 2.45) is 5.92 Å². The lowest BCUT2D eigenvalue weighted by Crippen LogP contribution is -2.43. The van der Waals surface area contributed by atoms with Crippen LogP contribution < -0.4 is 0 Å². The number of benzene rings is 1. The maximum atomic E-state index is 13.5. The second kappa shape index (κ2) is 10.6. The molecule has 0 aliphatic carbocycles. The number of amides is 1. The molecule has 1 aliphatic heterocycles. The van der Waals surface area contributed by atoms with E-state index in [2.05, 4.69) is 20.3 Å². The minimum atomic E-state index is -0.315. The summed E-state index contributed by atoms with van der Waals surface area (Å²) in [5.41, 5.74) is 2.89. The number of thioether (sulfide) groups is 1. The highest BCUT2D eigenvalue weighted by Crippen LogP contribution is 2.25. The van der Waals surface area contributed by atoms with Gasteiger partial charge in [0.05, 0.1) is 23.9 Å². The average molecular weight is 467 g/mol. The van der Waals surface area contributed by atoms with E-state index in [1.807, 2.05) is 31.2 Å². The molecule has 4 rings (SSSR count). The van der Waals surface area contributed by atoms with Crippen LogP contribution in [0.5, 0.6) is 0 Å². The number of carbonyl (C=O) groups excluding carboxylic acids is 2. The smallest absolute Gasteiger partial charge is 0.310 e. The second-order valence-corrected chi connectivity index (χ2v) is 8.74. The number of esters is 1. The second-order valence-electron chi connectivity index (χ2n) is 7.79. The first kappa shape index (κ1) is 22.9. The summed E-state index contributed by atoms with van der Waals surface area (Å²) in [6.45, 7) is 5.02. The molecule has 1 aliphatic rings. The molecule has 0 saturated carbocycles. The van der Waals surface area contributed by atoms with Gasteiger partial charge in [-0.25, -0.2) is 14.6 Å². The molecule has 0 bridgehead atoms. The Balaban J connectivity index is 1.61. The van der Waals surface area contributed by atoms with Crippen LogP contribution in [-0.2, 0) is 15.3 Å². The van der Waals surface area contributed by atoms with Crippen molar-refractivity contribution >= 4 is 23.6 Å². The van der Waals surface area contributed by atoms with Crippen molar-refractivity contribution in [2.45, 2.75) is 37.6 Å². The molecule has 1 unspecified atom stereocenters. The lowest BCUT2D eigenvalue weighted by molar-refractivity contribution is -0.149. The number of aryl methyl sites for hydroxylation is 1. The first-order valence-electron chi connectivity index (χ1n) is 10.9. The molecule has 172 valence electrons. The fraction of sp³-hybridized carbons (Fsp3) is 0.391. The highest BCUT2D eigenvalue weighted by molar-refractivity contribution is 7.98. The summed E-state index contributed by atoms with van der Waals surface area (Å²) in [7, 11) is 0. The van der Waals surface area contributed by atoms with Crippen LogP contribution in [0.3, 0.4) is 0 Å². The number of nitrogens with zero attached hydrogens (tertiary/aromatic N) is 6. The highest BCUT2D eigenvalue weighted by Gasteiger charge is 2.32. The zero-order valence-electron chi connectivity index (χ0n) is 18.7. The first-order valence-corrected chi connectivity index (χ1v) is 11.9. The van der Waals surface area contributed by atoms with E-state index in [1.54, 1.807) is 35.0 Å². The zero-order valence-corrected chi connectivity index (χ0v) is 19.5. The summed E-state index contributed by atoms with van der Waals surface area (Å²) < 4.78 is 6.86. The van der Waals surface area contributed by atoms with Gasteiger partial charge in [0, 0.05) is 31.2 Å². The Morgan fingerprint density at radius 3 is 2.67 bits per heavy atom. The zero-order chi connectivity index (χ0) is 23.2. The molecule has 1 amide bonds. The van der Waals surface area contributed by atoms with Gasteiger partial charge in [0.15, 0.2) is 10.9 Å². The van der Waals surface area contributed by atoms with Crippen LogP contribution in [0.1, 0.15) is 41.5 Å². The number of aromatic nitrogens is 5. The van der Waals surface area contributed by atoms with E-state index in [4.69, 9.17) is 4.74 Å². The Hall–Kier alpha value is -3.27. The summed E-state index contributed by atoms with van der Waals surface area (Å²) in [4.78, 5) is 35.9. The van der Waals surface area contributed by atoms with E-state index in [-0.39, 0.29) is 23.5 Å². The summed E-state index contributed by atoms with van der Waals surface area (Å²) >= 11 is 1.41. The molecule has 3 aromatic rings. The van der Waals surface area contributed by atoms with Crippen molar-refractivity contribution in [1.82, 2.24) is 29.9 Å². The van der Waals surface area contributed by atoms with Gasteiger partial charge in [-0.15, -0.1) is 5.10 Å². The van der Waals surface area contributed by atoms with Gasteiger partial charge in [0.25, 0.3) is 5.91 Å². The van der Waals surface area contributed by atoms with Crippen LogP contribution in [-0.4, -0.2) is 61.4 Å². The molecule has 0 radical (unpaired) electrons. The van der Waals surface area contributed by atoms with Crippen molar-refractivity contribution in [2.75, 3.05) is 19.7 Å². The Morgan fingerprint density at radius 2 is 1.94 bits per heavy atom. The lowest BCUT2D eigenvalue weighted by Gasteiger charge is -2.31. The molecule has 10 heteroatoms. The van der Waals surface area contributed by atoms with Gasteiger partial charge >= 0.3 is 5.97 Å². The fourth-order valence-corrected chi connectivity index (χ4v) is 4.54. The molecule has 1 atom stereocenters. The van der Waals surface area contributed by atoms with Gasteiger partial charge in [-0.3, -0.25) is 9.59 Å². The maximum absolute atomic E-state index is 13.5. The lowest BCUT2D eigenvalue weighted by atomic mass is 9.98. The van der Waals surface area contributed by atoms with Crippen LogP contribution in [0.15, 0.2) is 47.9 Å². The predicted octanol–water partition coefficient (Wildman–Crippen LogP) is 3.07. The molecule has 1 aromatic carbocycles. The monoisotopic (exact) mass is 466 g/mol. The fourth-order valence-electron chi connectivity index (χ4n) is 3.75. The van der Waals surface area contributed by atoms with Crippen molar-refractivity contribution in [3.8, 4) is 5.69 Å². The Kier molecular flexibility index (Phi) is 7.33. The third kappa shape index (κ3) is 5.39. The molecular weight excluding hydrogens is 440 g/mol. The van der Waals surface area contributed by atoms with Gasteiger partial charge in [0.2, 0.25) is 0 Å². The van der Waals surface area contributed by atoms with Crippen LogP contribution in [0.2, 0.25) is 0 Å². The molecule has 33 heavy (non-hydrogen) atoms. The predicted molar refractivity (Wildman–Crippen MR) is 123 cm³/mol. The minimum Gasteiger partial charge on any atom is -0.466 e. The van der Waals surface area contributed by atoms with Gasteiger partial charge in [-0.1, -0.05) is 34.7 Å². The highest BCUT2D eigenvalue weighted by atomic mass is 32.2. The number of likely N-dealkylation sites (tertiary alicyclic amines) is 1. The van der Waals surface area contributed by atoms with Gasteiger partial charge in [0.1, 0.15) is 0 Å². The van der Waals surface area contributed by atoms with Crippen molar-refractivity contribution in [1.29, 1.82) is 0 Å². The van der Waals surface area contributed by atoms with Gasteiger partial charge in [-0.05, 0) is 44.9 Å². The Labute approximate surface area is 196 Å². The number of carbonyl (C=O) groups is 2. The largest absolute Gasteiger partial charge is 0.466 e. The van der Waals surface area contributed by atoms with Crippen LogP contribution in [0.4, 0.5) is 0 Å². The molecule has 9 nitrogen and oxygen atoms in total. The van der Waals surface area contributed by atoms with Crippen LogP contribution >= 0.6 is 11.8 Å². The van der Waals surface area contributed by atoms with Crippen LogP contribution in [0.25, 0.3) is 5.69 Å². The van der Waals surface area contributed by atoms with Crippen molar-refractivity contribution in [3.63, 3.8) is 0 Å². The van der Waals surface area contributed by atoms with Crippen molar-refractivity contribution < 1.29 is 14.3 Å². The Bertz CT molecular complexity index is 1100. The number of rotatable bonds is 7. The average Bonchev–Trinajstić information content (AvgIpc) is 3.27. The molecule has 1 fully saturated rings. The van der Waals surface area contributed by atoms with Gasteiger partial charge < -0.3 is 9.64 Å². The molecule has 3 heterocycles. The topological polar surface area (TPSA) is 103 Å². The van der Waals surface area contributed by atoms with Crippen molar-refractivity contribution in [3.05, 3.63) is 59.7 Å². The van der Waals surface area contributed by atoms with E-state index in [9.17, 15) is 9.59 Å². The number of hydrogen-bond donors (Lipinski definition) is 0. The summed E-state index contributed by atoms with van der Waals surface area (Å²) in [5.74, 6) is -0.381. The third-order valence-corrected chi connectivity index (χ3v) is 6.34. The standard InChI is InChI=1S/C23H26N6O3S/c1-3-32-22(31)17-6-4-13-28(14-17)21(30)20-19(15-33-23-24-11-5-12-25-23)29(27-26-20)18-9-7-16(2)8-10-18/h5,7-12,17H,3-4,6,13-15H2,1-2H3. The van der Waals surface area contributed by atoms with E-state index >= 15 is 0 Å². The minimum absolute atomic E-state index is 0.230. The van der Waals surface area contributed by atoms with Crippen LogP contribution in [0, 0.1) is 12.8 Å². The molecule has 0 N–H and O–H groups in total. The number of piperidine rings is 1. The third-order valence-electron chi connectivity index (χ3n) is 5.45. The summed E-state index contributed by atoms with van der Waals surface area (Å²) in [5, 5.41) is 9.17. The summed E-state index contributed by atoms with van der Waals surface area (Å²) in [6, 6.07) is 9.63.